The van der Waals surface area contributed by atoms with Crippen molar-refractivity contribution in [1.82, 2.24) is 9.96 Å². The van der Waals surface area contributed by atoms with Gasteiger partial charge in [-0.25, -0.2) is 4.79 Å². The minimum Gasteiger partial charge on any atom is -0.380 e. The summed E-state index contributed by atoms with van der Waals surface area (Å²) in [5, 5.41) is 1.26. The Balaban J connectivity index is 2.27. The molecule has 0 saturated carbocycles. The Morgan fingerprint density at radius 3 is 3.00 bits per heavy atom. The van der Waals surface area contributed by atoms with Crippen LogP contribution in [0.25, 0.3) is 0 Å². The molecular formula is C12H17N3O4. The van der Waals surface area contributed by atoms with Crippen molar-refractivity contribution in [2.45, 2.75) is 12.1 Å². The zero-order chi connectivity index (χ0) is 14.0. The average Bonchev–Trinajstić information content (AvgIpc) is 2.65. The number of amides is 3. The Bertz CT molecular complexity index is 435. The van der Waals surface area contributed by atoms with E-state index >= 15 is 0 Å². The molecular weight excluding hydrogens is 250 g/mol. The molecule has 0 radical (unpaired) electrons. The molecule has 2 rings (SSSR count). The van der Waals surface area contributed by atoms with Crippen LogP contribution in [0.2, 0.25) is 0 Å². The van der Waals surface area contributed by atoms with Crippen LogP contribution < -0.4 is 5.73 Å². The fourth-order valence-corrected chi connectivity index (χ4v) is 2.33. The van der Waals surface area contributed by atoms with E-state index in [1.54, 1.807) is 19.3 Å². The number of primary amides is 1. The molecule has 2 aliphatic heterocycles. The lowest BCUT2D eigenvalue weighted by atomic mass is 10.0. The molecule has 0 aromatic rings. The number of methoxy groups -OCH3 is 1. The summed E-state index contributed by atoms with van der Waals surface area (Å²) in [4.78, 5) is 30.4. The van der Waals surface area contributed by atoms with Crippen LogP contribution in [-0.4, -0.2) is 60.9 Å². The molecule has 2 N–H and O–H groups in total. The van der Waals surface area contributed by atoms with E-state index in [2.05, 4.69) is 6.58 Å². The maximum atomic E-state index is 12.2. The molecule has 1 saturated heterocycles. The van der Waals surface area contributed by atoms with Crippen molar-refractivity contribution >= 4 is 11.9 Å². The predicted octanol–water partition coefficient (Wildman–Crippen LogP) is -0.349. The molecule has 104 valence electrons. The first-order valence-corrected chi connectivity index (χ1v) is 5.92. The van der Waals surface area contributed by atoms with Crippen LogP contribution in [0.1, 0.15) is 0 Å². The Kier molecular flexibility index (Phi) is 3.87. The number of hydroxylamine groups is 2. The molecule has 1 fully saturated rings. The molecule has 19 heavy (non-hydrogen) atoms. The second-order valence-electron chi connectivity index (χ2n) is 4.38. The first kappa shape index (κ1) is 13.6. The summed E-state index contributed by atoms with van der Waals surface area (Å²) in [6, 6.07) is -1.35. The molecule has 0 aromatic carbocycles. The van der Waals surface area contributed by atoms with Gasteiger partial charge in [-0.15, -0.1) is 6.58 Å². The van der Waals surface area contributed by atoms with Gasteiger partial charge < -0.3 is 15.4 Å². The van der Waals surface area contributed by atoms with Gasteiger partial charge in [-0.05, 0) is 11.6 Å². The fourth-order valence-electron chi connectivity index (χ4n) is 2.33. The van der Waals surface area contributed by atoms with Crippen molar-refractivity contribution in [3.63, 3.8) is 0 Å². The molecule has 3 amide bonds. The van der Waals surface area contributed by atoms with E-state index in [4.69, 9.17) is 15.3 Å². The van der Waals surface area contributed by atoms with Gasteiger partial charge in [0.25, 0.3) is 0 Å². The van der Waals surface area contributed by atoms with Gasteiger partial charge in [0.2, 0.25) is 5.91 Å². The Hall–Kier alpha value is -1.86. The standard InChI is InChI=1S/C12H17N3O4/c1-3-4-19-15-10-6-14(12(15)17)9(11(13)16)5-8(10)7-18-2/h3,5,9-10H,1,4,6-7H2,2H3,(H2,13,16)/t9-,10?/m0/s1. The van der Waals surface area contributed by atoms with Crippen molar-refractivity contribution in [2.75, 3.05) is 26.9 Å². The number of carbonyl (C=O) groups is 2. The highest BCUT2D eigenvalue weighted by Crippen LogP contribution is 2.30. The minimum absolute atomic E-state index is 0.220. The van der Waals surface area contributed by atoms with Crippen LogP contribution in [0.15, 0.2) is 24.3 Å². The summed E-state index contributed by atoms with van der Waals surface area (Å²) < 4.78 is 5.10. The zero-order valence-corrected chi connectivity index (χ0v) is 10.7. The van der Waals surface area contributed by atoms with Gasteiger partial charge in [0.15, 0.2) is 0 Å². The van der Waals surface area contributed by atoms with E-state index in [1.807, 2.05) is 0 Å². The van der Waals surface area contributed by atoms with Crippen molar-refractivity contribution in [3.8, 4) is 0 Å². The molecule has 0 aromatic heterocycles. The third-order valence-corrected chi connectivity index (χ3v) is 3.16. The van der Waals surface area contributed by atoms with E-state index in [9.17, 15) is 9.59 Å². The summed E-state index contributed by atoms with van der Waals surface area (Å²) in [7, 11) is 1.55. The normalized spacial score (nSPS) is 25.5. The smallest absolute Gasteiger partial charge is 0.345 e. The maximum Gasteiger partial charge on any atom is 0.345 e. The summed E-state index contributed by atoms with van der Waals surface area (Å²) >= 11 is 0. The topological polar surface area (TPSA) is 85.1 Å². The molecule has 0 aliphatic carbocycles. The van der Waals surface area contributed by atoms with E-state index < -0.39 is 11.9 Å². The largest absolute Gasteiger partial charge is 0.380 e. The van der Waals surface area contributed by atoms with Gasteiger partial charge in [-0.1, -0.05) is 6.08 Å². The van der Waals surface area contributed by atoms with Crippen molar-refractivity contribution in [3.05, 3.63) is 24.3 Å². The minimum atomic E-state index is -0.744. The van der Waals surface area contributed by atoms with E-state index in [1.165, 1.54) is 9.96 Å². The Morgan fingerprint density at radius 1 is 1.68 bits per heavy atom. The summed E-state index contributed by atoms with van der Waals surface area (Å²) in [5.74, 6) is -0.564. The highest BCUT2D eigenvalue weighted by Gasteiger charge is 2.47. The number of hydrogen-bond donors (Lipinski definition) is 1. The SMILES string of the molecule is C=CCON1C(=O)N2CC1C(COC)=C[C@H]2C(N)=O. The van der Waals surface area contributed by atoms with Crippen molar-refractivity contribution < 1.29 is 19.2 Å². The van der Waals surface area contributed by atoms with Crippen LogP contribution >= 0.6 is 0 Å². The lowest BCUT2D eigenvalue weighted by molar-refractivity contribution is -0.121. The van der Waals surface area contributed by atoms with Gasteiger partial charge in [0.05, 0.1) is 19.8 Å². The third-order valence-electron chi connectivity index (χ3n) is 3.16. The van der Waals surface area contributed by atoms with Crippen LogP contribution in [0, 0.1) is 0 Å². The van der Waals surface area contributed by atoms with Gasteiger partial charge >= 0.3 is 6.03 Å². The number of fused-ring (bicyclic) bond motifs is 2. The van der Waals surface area contributed by atoms with Gasteiger partial charge in [-0.2, -0.15) is 5.06 Å². The molecule has 2 aliphatic rings. The third kappa shape index (κ3) is 2.34. The maximum absolute atomic E-state index is 12.2. The number of carbonyl (C=O) groups excluding carboxylic acids is 2. The number of nitrogens with zero attached hydrogens (tertiary/aromatic N) is 2. The molecule has 0 spiro atoms. The fraction of sp³-hybridized carbons (Fsp3) is 0.500. The second kappa shape index (κ2) is 5.41. The lowest BCUT2D eigenvalue weighted by Gasteiger charge is -2.27. The summed E-state index contributed by atoms with van der Waals surface area (Å²) in [5.41, 5.74) is 6.14. The second-order valence-corrected chi connectivity index (χ2v) is 4.38. The van der Waals surface area contributed by atoms with Crippen LogP contribution in [-0.2, 0) is 14.4 Å². The van der Waals surface area contributed by atoms with Crippen molar-refractivity contribution in [1.29, 1.82) is 0 Å². The van der Waals surface area contributed by atoms with Gasteiger partial charge in [0, 0.05) is 7.11 Å². The first-order chi connectivity index (χ1) is 9.10. The monoisotopic (exact) mass is 267 g/mol. The molecule has 2 bridgehead atoms. The number of hydrogen-bond acceptors (Lipinski definition) is 4. The Labute approximate surface area is 111 Å². The van der Waals surface area contributed by atoms with E-state index in [0.717, 1.165) is 5.57 Å². The number of urea groups is 1. The molecule has 2 heterocycles. The summed E-state index contributed by atoms with van der Waals surface area (Å²) in [6.07, 6.45) is 3.23. The molecule has 7 heteroatoms. The number of ether oxygens (including phenoxy) is 1. The number of nitrogens with two attached hydrogens (primary N) is 1. The Morgan fingerprint density at radius 2 is 2.42 bits per heavy atom. The quantitative estimate of drug-likeness (QED) is 0.667. The van der Waals surface area contributed by atoms with E-state index in [0.29, 0.717) is 13.2 Å². The zero-order valence-electron chi connectivity index (χ0n) is 10.7. The van der Waals surface area contributed by atoms with Crippen LogP contribution in [0.5, 0.6) is 0 Å². The molecule has 7 nitrogen and oxygen atoms in total. The van der Waals surface area contributed by atoms with Gasteiger partial charge in [0.1, 0.15) is 12.1 Å². The van der Waals surface area contributed by atoms with Crippen LogP contribution in [0.4, 0.5) is 4.79 Å². The number of rotatable bonds is 6. The predicted molar refractivity (Wildman–Crippen MR) is 66.8 cm³/mol. The van der Waals surface area contributed by atoms with Crippen LogP contribution in [0.3, 0.4) is 0 Å². The molecule has 2 atom stereocenters. The average molecular weight is 267 g/mol. The lowest BCUT2D eigenvalue weighted by Crippen LogP contribution is -2.47. The van der Waals surface area contributed by atoms with E-state index in [-0.39, 0.29) is 18.7 Å². The van der Waals surface area contributed by atoms with Crippen molar-refractivity contribution in [2.24, 2.45) is 5.73 Å². The van der Waals surface area contributed by atoms with Gasteiger partial charge in [-0.3, -0.25) is 9.63 Å². The first-order valence-electron chi connectivity index (χ1n) is 5.92. The summed E-state index contributed by atoms with van der Waals surface area (Å²) in [6.45, 7) is 4.46. The molecule has 1 unspecified atom stereocenters. The highest BCUT2D eigenvalue weighted by molar-refractivity contribution is 5.90. The highest BCUT2D eigenvalue weighted by atomic mass is 16.7.